The molecule has 1 heterocycles. The van der Waals surface area contributed by atoms with Crippen LogP contribution < -0.4 is 5.32 Å². The summed E-state index contributed by atoms with van der Waals surface area (Å²) in [6.07, 6.45) is 4.80. The highest BCUT2D eigenvalue weighted by Crippen LogP contribution is 2.40. The summed E-state index contributed by atoms with van der Waals surface area (Å²) in [6, 6.07) is 9.17. The Bertz CT molecular complexity index is 508. The third-order valence-corrected chi connectivity index (χ3v) is 4.53. The van der Waals surface area contributed by atoms with E-state index >= 15 is 0 Å². The van der Waals surface area contributed by atoms with Crippen LogP contribution in [0.5, 0.6) is 0 Å². The summed E-state index contributed by atoms with van der Waals surface area (Å²) >= 11 is 1.83. The number of thioether (sulfide) groups is 1. The molecule has 3 rings (SSSR count). The molecule has 0 amide bonds. The molecule has 0 aliphatic heterocycles. The van der Waals surface area contributed by atoms with Crippen LogP contribution in [0.3, 0.4) is 0 Å². The van der Waals surface area contributed by atoms with Crippen LogP contribution in [0.15, 0.2) is 41.8 Å². The topological polar surface area (TPSA) is 40.7 Å². The first-order valence-electron chi connectivity index (χ1n) is 6.35. The average Bonchev–Trinajstić information content (AvgIpc) is 3.00. The Labute approximate surface area is 111 Å². The van der Waals surface area contributed by atoms with Crippen molar-refractivity contribution in [2.75, 3.05) is 6.54 Å². The van der Waals surface area contributed by atoms with Crippen LogP contribution in [0.2, 0.25) is 0 Å². The number of hydrogen-bond donors (Lipinski definition) is 2. The third kappa shape index (κ3) is 2.18. The SMILES string of the molecule is CCNC1c2ccccc2CC1Sc1ncc[nH]1. The zero-order chi connectivity index (χ0) is 12.4. The van der Waals surface area contributed by atoms with Gasteiger partial charge < -0.3 is 10.3 Å². The van der Waals surface area contributed by atoms with Gasteiger partial charge in [-0.05, 0) is 24.1 Å². The fourth-order valence-corrected chi connectivity index (χ4v) is 3.77. The molecule has 1 aliphatic rings. The maximum atomic E-state index is 4.32. The lowest BCUT2D eigenvalue weighted by Gasteiger charge is -2.19. The van der Waals surface area contributed by atoms with Crippen molar-refractivity contribution in [3.63, 3.8) is 0 Å². The molecule has 0 radical (unpaired) electrons. The van der Waals surface area contributed by atoms with Gasteiger partial charge in [-0.1, -0.05) is 43.0 Å². The van der Waals surface area contributed by atoms with Gasteiger partial charge >= 0.3 is 0 Å². The molecule has 1 aromatic heterocycles. The molecule has 0 bridgehead atoms. The molecule has 1 aromatic carbocycles. The smallest absolute Gasteiger partial charge is 0.165 e. The Kier molecular flexibility index (Phi) is 3.39. The lowest BCUT2D eigenvalue weighted by atomic mass is 10.1. The van der Waals surface area contributed by atoms with E-state index in [2.05, 4.69) is 46.5 Å². The average molecular weight is 259 g/mol. The Morgan fingerprint density at radius 1 is 1.44 bits per heavy atom. The van der Waals surface area contributed by atoms with Crippen LogP contribution in [0.25, 0.3) is 0 Å². The predicted molar refractivity (Wildman–Crippen MR) is 74.8 cm³/mol. The van der Waals surface area contributed by atoms with Crippen molar-refractivity contribution in [1.82, 2.24) is 15.3 Å². The van der Waals surface area contributed by atoms with Gasteiger partial charge in [-0.25, -0.2) is 4.98 Å². The Morgan fingerprint density at radius 2 is 2.33 bits per heavy atom. The predicted octanol–water partition coefficient (Wildman–Crippen LogP) is 2.78. The minimum absolute atomic E-state index is 0.432. The van der Waals surface area contributed by atoms with Crippen LogP contribution >= 0.6 is 11.8 Å². The lowest BCUT2D eigenvalue weighted by molar-refractivity contribution is 0.559. The zero-order valence-electron chi connectivity index (χ0n) is 10.4. The van der Waals surface area contributed by atoms with E-state index in [1.807, 2.05) is 24.2 Å². The lowest BCUT2D eigenvalue weighted by Crippen LogP contribution is -2.26. The summed E-state index contributed by atoms with van der Waals surface area (Å²) in [7, 11) is 0. The Hall–Kier alpha value is -1.26. The summed E-state index contributed by atoms with van der Waals surface area (Å²) in [5.74, 6) is 0. The van der Waals surface area contributed by atoms with E-state index in [4.69, 9.17) is 0 Å². The molecule has 0 saturated heterocycles. The molecule has 3 nitrogen and oxygen atoms in total. The van der Waals surface area contributed by atoms with E-state index in [0.29, 0.717) is 11.3 Å². The molecule has 0 saturated carbocycles. The first-order valence-corrected chi connectivity index (χ1v) is 7.23. The van der Waals surface area contributed by atoms with Crippen LogP contribution in [0, 0.1) is 0 Å². The number of fused-ring (bicyclic) bond motifs is 1. The molecule has 0 fully saturated rings. The van der Waals surface area contributed by atoms with Crippen LogP contribution in [0.4, 0.5) is 0 Å². The maximum Gasteiger partial charge on any atom is 0.165 e. The highest BCUT2D eigenvalue weighted by atomic mass is 32.2. The van der Waals surface area contributed by atoms with Gasteiger partial charge in [0.1, 0.15) is 0 Å². The standard InChI is InChI=1S/C14H17N3S/c1-2-15-13-11-6-4-3-5-10(11)9-12(13)18-14-16-7-8-17-14/h3-8,12-13,15H,2,9H2,1H3,(H,16,17). The Balaban J connectivity index is 1.83. The maximum absolute atomic E-state index is 4.32. The normalized spacial score (nSPS) is 22.1. The largest absolute Gasteiger partial charge is 0.340 e. The molecule has 94 valence electrons. The van der Waals surface area contributed by atoms with Crippen molar-refractivity contribution in [2.45, 2.75) is 29.8 Å². The van der Waals surface area contributed by atoms with Gasteiger partial charge in [0.25, 0.3) is 0 Å². The van der Waals surface area contributed by atoms with Gasteiger partial charge in [0.15, 0.2) is 5.16 Å². The van der Waals surface area contributed by atoms with Crippen LogP contribution in [0.1, 0.15) is 24.1 Å². The minimum atomic E-state index is 0.432. The van der Waals surface area contributed by atoms with E-state index in [-0.39, 0.29) is 0 Å². The first-order chi connectivity index (χ1) is 8.88. The second-order valence-corrected chi connectivity index (χ2v) is 5.72. The molecular formula is C14H17N3S. The number of nitrogens with one attached hydrogen (secondary N) is 2. The summed E-state index contributed by atoms with van der Waals surface area (Å²) < 4.78 is 0. The Morgan fingerprint density at radius 3 is 3.11 bits per heavy atom. The number of H-pyrrole nitrogens is 1. The molecule has 18 heavy (non-hydrogen) atoms. The van der Waals surface area contributed by atoms with Gasteiger partial charge in [-0.2, -0.15) is 0 Å². The summed E-state index contributed by atoms with van der Waals surface area (Å²) in [4.78, 5) is 7.49. The second kappa shape index (κ2) is 5.16. The van der Waals surface area contributed by atoms with E-state index < -0.39 is 0 Å². The van der Waals surface area contributed by atoms with E-state index in [0.717, 1.165) is 18.1 Å². The molecule has 2 N–H and O–H groups in total. The van der Waals surface area contributed by atoms with Gasteiger partial charge in [0, 0.05) is 23.7 Å². The molecule has 4 heteroatoms. The number of aromatic nitrogens is 2. The van der Waals surface area contributed by atoms with Crippen LogP contribution in [-0.4, -0.2) is 21.8 Å². The van der Waals surface area contributed by atoms with Gasteiger partial charge in [0.2, 0.25) is 0 Å². The van der Waals surface area contributed by atoms with E-state index in [1.54, 1.807) is 0 Å². The number of imidazole rings is 1. The van der Waals surface area contributed by atoms with Crippen molar-refractivity contribution in [2.24, 2.45) is 0 Å². The van der Waals surface area contributed by atoms with Crippen molar-refractivity contribution < 1.29 is 0 Å². The monoisotopic (exact) mass is 259 g/mol. The highest BCUT2D eigenvalue weighted by Gasteiger charge is 2.32. The van der Waals surface area contributed by atoms with Crippen molar-refractivity contribution in [3.8, 4) is 0 Å². The second-order valence-electron chi connectivity index (χ2n) is 4.49. The van der Waals surface area contributed by atoms with E-state index in [1.165, 1.54) is 11.1 Å². The molecule has 2 unspecified atom stereocenters. The molecular weight excluding hydrogens is 242 g/mol. The zero-order valence-corrected chi connectivity index (χ0v) is 11.2. The summed E-state index contributed by atoms with van der Waals surface area (Å²) in [5.41, 5.74) is 2.91. The quantitative estimate of drug-likeness (QED) is 0.887. The molecule has 2 aromatic rings. The number of nitrogens with zero attached hydrogens (tertiary/aromatic N) is 1. The number of rotatable bonds is 4. The molecule has 1 aliphatic carbocycles. The van der Waals surface area contributed by atoms with Crippen molar-refractivity contribution in [3.05, 3.63) is 47.8 Å². The minimum Gasteiger partial charge on any atom is -0.340 e. The number of benzene rings is 1. The number of aromatic amines is 1. The molecule has 0 spiro atoms. The number of hydrogen-bond acceptors (Lipinski definition) is 3. The van der Waals surface area contributed by atoms with Gasteiger partial charge in [-0.3, -0.25) is 0 Å². The molecule has 2 atom stereocenters. The third-order valence-electron chi connectivity index (χ3n) is 3.34. The highest BCUT2D eigenvalue weighted by molar-refractivity contribution is 7.99. The first kappa shape index (κ1) is 11.8. The van der Waals surface area contributed by atoms with Gasteiger partial charge in [0.05, 0.1) is 0 Å². The van der Waals surface area contributed by atoms with Crippen molar-refractivity contribution >= 4 is 11.8 Å². The van der Waals surface area contributed by atoms with E-state index in [9.17, 15) is 0 Å². The fourth-order valence-electron chi connectivity index (χ4n) is 2.59. The summed E-state index contributed by atoms with van der Waals surface area (Å²) in [5, 5.41) is 5.13. The summed E-state index contributed by atoms with van der Waals surface area (Å²) in [6.45, 7) is 3.16. The fraction of sp³-hybridized carbons (Fsp3) is 0.357. The van der Waals surface area contributed by atoms with Crippen LogP contribution in [-0.2, 0) is 6.42 Å². The van der Waals surface area contributed by atoms with Gasteiger partial charge in [-0.15, -0.1) is 0 Å². The van der Waals surface area contributed by atoms with Crippen molar-refractivity contribution in [1.29, 1.82) is 0 Å².